The van der Waals surface area contributed by atoms with Crippen LogP contribution in [0.15, 0.2) is 0 Å². The topological polar surface area (TPSA) is 17.1 Å². The molecule has 0 N–H and O–H groups in total. The van der Waals surface area contributed by atoms with Crippen LogP contribution in [0.5, 0.6) is 0 Å². The van der Waals surface area contributed by atoms with Gasteiger partial charge in [-0.2, -0.15) is 0 Å². The molecule has 0 amide bonds. The van der Waals surface area contributed by atoms with Gasteiger partial charge in [0.1, 0.15) is 0 Å². The molecular weight excluding hydrogens is 457 g/mol. The molecule has 3 radical (unpaired) electrons. The van der Waals surface area contributed by atoms with E-state index in [2.05, 4.69) is 0 Å². The standard InChI is InChI=1S/Nb.O.H3Si.Ta.Ti.Zr/h;;1H3;;;. The second-order valence-corrected chi connectivity index (χ2v) is 0. The Morgan fingerprint density at radius 2 is 1.17 bits per heavy atom. The van der Waals surface area contributed by atoms with E-state index in [-0.39, 0.29) is 81.9 Å². The summed E-state index contributed by atoms with van der Waals surface area (Å²) in [5.74, 6) is 0. The van der Waals surface area contributed by atoms with Crippen LogP contribution in [0.4, 0.5) is 0 Å². The molecule has 0 aliphatic heterocycles. The quantitative estimate of drug-likeness (QED) is 0.411. The summed E-state index contributed by atoms with van der Waals surface area (Å²) in [7, 11) is 0. The Balaban J connectivity index is -0.000000000833. The molecule has 0 fully saturated rings. The average Bonchev–Trinajstić information content (AvgIpc) is 1.00. The molecule has 0 atom stereocenters. The van der Waals surface area contributed by atoms with Crippen LogP contribution in [0, 0.1) is 0 Å². The van der Waals surface area contributed by atoms with Gasteiger partial charge in [-0.05, 0) is 11.0 Å². The Labute approximate surface area is 104 Å². The normalized spacial score (nSPS) is 0.500. The molecule has 31 valence electrons. The van der Waals surface area contributed by atoms with Crippen molar-refractivity contribution in [2.24, 2.45) is 0 Å². The third-order valence-electron chi connectivity index (χ3n) is 0. The first-order valence-electron chi connectivity index (χ1n) is 0.204. The van der Waals surface area contributed by atoms with Crippen LogP contribution >= 0.6 is 0 Å². The Bertz CT molecular complexity index is 15.5. The molecule has 0 saturated carbocycles. The maximum atomic E-state index is 8.25. The van der Waals surface area contributed by atoms with E-state index in [1.165, 1.54) is 0 Å². The minimum Gasteiger partial charge on any atom is -0.0125 e. The Morgan fingerprint density at radius 3 is 1.17 bits per heavy atom. The van der Waals surface area contributed by atoms with Crippen LogP contribution in [-0.4, -0.2) is 11.0 Å². The van der Waals surface area contributed by atoms with Gasteiger partial charge in [0.05, 0.1) is 0 Å². The molecule has 6 heavy (non-hydrogen) atoms. The Morgan fingerprint density at radius 1 is 1.17 bits per heavy atom. The van der Waals surface area contributed by atoms with Gasteiger partial charge in [-0.15, -0.1) is 0 Å². The van der Waals surface area contributed by atoms with Crippen LogP contribution in [0.25, 0.3) is 0 Å². The van der Waals surface area contributed by atoms with E-state index < -0.39 is 0 Å². The first-order chi connectivity index (χ1) is 1.00. The zero-order valence-electron chi connectivity index (χ0n) is 3.30. The zero-order valence-corrected chi connectivity index (χ0v) is 14.7. The van der Waals surface area contributed by atoms with Crippen molar-refractivity contribution < 1.29 is 94.7 Å². The monoisotopic (exact) mass is 459 g/mol. The van der Waals surface area contributed by atoms with Gasteiger partial charge in [0, 0.05) is 71.0 Å². The molecule has 6 heteroatoms. The predicted molar refractivity (Wildman–Crippen MR) is 10.6 cm³/mol. The van der Waals surface area contributed by atoms with Crippen molar-refractivity contribution in [1.29, 1.82) is 0 Å². The van der Waals surface area contributed by atoms with Crippen molar-refractivity contribution in [3.05, 3.63) is 0 Å². The smallest absolute Gasteiger partial charge is 0 e. The largest absolute Gasteiger partial charge is 0.0125 e. The third-order valence-corrected chi connectivity index (χ3v) is 0. The molecule has 0 bridgehead atoms. The summed E-state index contributed by atoms with van der Waals surface area (Å²) in [6.07, 6.45) is 0. The maximum absolute atomic E-state index is 8.25. The molecule has 1 nitrogen and oxygen atoms in total. The summed E-state index contributed by atoms with van der Waals surface area (Å²) >= 11 is 0.750. The van der Waals surface area contributed by atoms with E-state index in [4.69, 9.17) is 3.32 Å². The van der Waals surface area contributed by atoms with Gasteiger partial charge in [0.2, 0.25) is 0 Å². The van der Waals surface area contributed by atoms with Gasteiger partial charge >= 0.3 is 23.7 Å². The van der Waals surface area contributed by atoms with Gasteiger partial charge < -0.3 is 0 Å². The van der Waals surface area contributed by atoms with E-state index in [1.54, 1.807) is 0 Å². The van der Waals surface area contributed by atoms with E-state index in [0.717, 1.165) is 20.4 Å². The molecule has 0 aromatic carbocycles. The van der Waals surface area contributed by atoms with Crippen molar-refractivity contribution in [2.45, 2.75) is 0 Å². The van der Waals surface area contributed by atoms with Gasteiger partial charge in [-0.1, -0.05) is 0 Å². The third kappa shape index (κ3) is 27.5. The summed E-state index contributed by atoms with van der Waals surface area (Å²) in [5, 5.41) is 0. The molecule has 0 unspecified atom stereocenters. The Kier molecular flexibility index (Phi) is 252. The second kappa shape index (κ2) is 42.5. The number of hydrogen-bond donors (Lipinski definition) is 0. The van der Waals surface area contributed by atoms with E-state index in [0.29, 0.717) is 0 Å². The van der Waals surface area contributed by atoms with E-state index in [1.807, 2.05) is 0 Å². The molecule has 0 rings (SSSR count). The number of hydrogen-bond acceptors (Lipinski definition) is 1. The van der Waals surface area contributed by atoms with Gasteiger partial charge in [-0.3, -0.25) is 0 Å². The fourth-order valence-electron chi connectivity index (χ4n) is 0. The molecule has 0 aliphatic rings. The molecular formula is H3NbOSiTaTiZr. The molecule has 0 spiro atoms. The van der Waals surface area contributed by atoms with Crippen LogP contribution in [-0.2, 0) is 94.7 Å². The first-order valence-corrected chi connectivity index (χ1v) is 0.842. The van der Waals surface area contributed by atoms with Crippen molar-refractivity contribution in [1.82, 2.24) is 0 Å². The zero-order chi connectivity index (χ0) is 2.00. The van der Waals surface area contributed by atoms with Crippen molar-refractivity contribution in [2.75, 3.05) is 0 Å². The molecule has 0 aromatic rings. The summed E-state index contributed by atoms with van der Waals surface area (Å²) in [6.45, 7) is 0. The van der Waals surface area contributed by atoms with Crippen LogP contribution in [0.3, 0.4) is 0 Å². The van der Waals surface area contributed by atoms with E-state index in [9.17, 15) is 0 Å². The predicted octanol–water partition coefficient (Wildman–Crippen LogP) is -1.31. The van der Waals surface area contributed by atoms with Gasteiger partial charge in [-0.25, -0.2) is 0 Å². The van der Waals surface area contributed by atoms with Crippen LogP contribution in [0.1, 0.15) is 0 Å². The maximum Gasteiger partial charge on any atom is 0 e. The first kappa shape index (κ1) is 35.5. The SMILES string of the molecule is [Nb].[O]=[Ti].[SiH3].[Ta].[Zr]. The minimum atomic E-state index is 0. The molecule has 0 heterocycles. The van der Waals surface area contributed by atoms with Crippen molar-refractivity contribution >= 4 is 11.0 Å². The second-order valence-electron chi connectivity index (χ2n) is 0. The van der Waals surface area contributed by atoms with Gasteiger partial charge in [0.25, 0.3) is 0 Å². The van der Waals surface area contributed by atoms with Gasteiger partial charge in [0.15, 0.2) is 0 Å². The van der Waals surface area contributed by atoms with Crippen LogP contribution < -0.4 is 0 Å². The fraction of sp³-hybridized carbons (Fsp3) is 0. The average molecular weight is 460 g/mol. The molecule has 0 aliphatic carbocycles. The molecule has 0 saturated heterocycles. The summed E-state index contributed by atoms with van der Waals surface area (Å²) < 4.78 is 8.25. The molecule has 0 aromatic heterocycles. The summed E-state index contributed by atoms with van der Waals surface area (Å²) in [5.41, 5.74) is 0. The summed E-state index contributed by atoms with van der Waals surface area (Å²) in [6, 6.07) is 0. The van der Waals surface area contributed by atoms with E-state index >= 15 is 0 Å². The summed E-state index contributed by atoms with van der Waals surface area (Å²) in [4.78, 5) is 0. The van der Waals surface area contributed by atoms with Crippen molar-refractivity contribution in [3.8, 4) is 0 Å². The minimum absolute atomic E-state index is 0. The van der Waals surface area contributed by atoms with Crippen LogP contribution in [0.2, 0.25) is 0 Å². The Hall–Kier alpha value is 3.09. The van der Waals surface area contributed by atoms with Crippen molar-refractivity contribution in [3.63, 3.8) is 0 Å². The number of rotatable bonds is 0. The fourth-order valence-corrected chi connectivity index (χ4v) is 0.